The van der Waals surface area contributed by atoms with Crippen molar-refractivity contribution in [1.29, 1.82) is 0 Å². The van der Waals surface area contributed by atoms with Gasteiger partial charge in [0, 0.05) is 12.8 Å². The first-order chi connectivity index (χ1) is 10.3. The fourth-order valence-corrected chi connectivity index (χ4v) is 5.06. The van der Waals surface area contributed by atoms with E-state index in [0.29, 0.717) is 6.10 Å². The van der Waals surface area contributed by atoms with Gasteiger partial charge in [-0.25, -0.2) is 0 Å². The zero-order valence-electron chi connectivity index (χ0n) is 13.1. The maximum atomic E-state index is 6.77. The lowest BCUT2D eigenvalue weighted by Crippen LogP contribution is -2.63. The molecule has 2 heteroatoms. The maximum Gasteiger partial charge on any atom is 0.132 e. The summed E-state index contributed by atoms with van der Waals surface area (Å²) in [6, 6.07) is 11.0. The summed E-state index contributed by atoms with van der Waals surface area (Å²) in [6.07, 6.45) is 9.85. The molecule has 1 aromatic rings. The minimum atomic E-state index is 0.182. The van der Waals surface area contributed by atoms with Crippen molar-refractivity contribution < 1.29 is 9.22 Å². The number of ether oxygens (including phenoxy) is 1. The zero-order valence-corrected chi connectivity index (χ0v) is 13.1. The summed E-state index contributed by atoms with van der Waals surface area (Å²) in [7, 11) is 0. The van der Waals surface area contributed by atoms with E-state index in [2.05, 4.69) is 30.3 Å². The number of rotatable bonds is 1. The van der Waals surface area contributed by atoms with Crippen LogP contribution >= 0.6 is 0 Å². The van der Waals surface area contributed by atoms with Gasteiger partial charge in [0.25, 0.3) is 0 Å². The number of hydrogen-bond donors (Lipinski definition) is 0. The van der Waals surface area contributed by atoms with Crippen molar-refractivity contribution in [3.63, 3.8) is 0 Å². The molecule has 2 aliphatic heterocycles. The van der Waals surface area contributed by atoms with Crippen LogP contribution in [0.3, 0.4) is 0 Å². The van der Waals surface area contributed by atoms with Crippen LogP contribution in [0, 0.1) is 0 Å². The van der Waals surface area contributed by atoms with Crippen LogP contribution in [0.1, 0.15) is 56.6 Å². The standard InChI is InChI=1S/C19H28NO/c1-3-9-17(10-4-1)18-15-20(13-7-8-14-20)16-19(21-18)11-5-2-6-12-19/h1,3-4,9-10,18H,2,5-8,11-16H2/q+1. The van der Waals surface area contributed by atoms with E-state index < -0.39 is 0 Å². The molecular formula is C19H28NO+. The number of benzene rings is 1. The Balaban J connectivity index is 1.65. The van der Waals surface area contributed by atoms with E-state index in [0.717, 1.165) is 0 Å². The molecule has 4 rings (SSSR count). The molecule has 2 spiro atoms. The van der Waals surface area contributed by atoms with Gasteiger partial charge in [-0.2, -0.15) is 0 Å². The lowest BCUT2D eigenvalue weighted by atomic mass is 9.81. The molecule has 1 saturated carbocycles. The highest BCUT2D eigenvalue weighted by Gasteiger charge is 2.51. The van der Waals surface area contributed by atoms with Crippen molar-refractivity contribution in [2.24, 2.45) is 0 Å². The quantitative estimate of drug-likeness (QED) is 0.707. The van der Waals surface area contributed by atoms with Gasteiger partial charge in [0.15, 0.2) is 0 Å². The van der Waals surface area contributed by atoms with E-state index >= 15 is 0 Å². The van der Waals surface area contributed by atoms with Gasteiger partial charge < -0.3 is 9.22 Å². The number of hydrogen-bond acceptors (Lipinski definition) is 1. The molecule has 114 valence electrons. The average Bonchev–Trinajstić information content (AvgIpc) is 2.95. The van der Waals surface area contributed by atoms with Gasteiger partial charge in [0.2, 0.25) is 0 Å². The maximum absolute atomic E-state index is 6.77. The van der Waals surface area contributed by atoms with Gasteiger partial charge in [0.05, 0.1) is 13.1 Å². The molecule has 3 fully saturated rings. The van der Waals surface area contributed by atoms with E-state index in [1.165, 1.54) is 81.2 Å². The van der Waals surface area contributed by atoms with Crippen molar-refractivity contribution in [3.8, 4) is 0 Å². The first-order valence-electron chi connectivity index (χ1n) is 8.87. The summed E-state index contributed by atoms with van der Waals surface area (Å²) in [5, 5.41) is 0. The molecule has 2 heterocycles. The monoisotopic (exact) mass is 286 g/mol. The lowest BCUT2D eigenvalue weighted by molar-refractivity contribution is -0.936. The van der Waals surface area contributed by atoms with Gasteiger partial charge >= 0.3 is 0 Å². The molecule has 3 aliphatic rings. The lowest BCUT2D eigenvalue weighted by Gasteiger charge is -2.52. The van der Waals surface area contributed by atoms with Crippen molar-refractivity contribution in [2.45, 2.75) is 56.7 Å². The zero-order chi connectivity index (χ0) is 14.2. The Labute approximate surface area is 128 Å². The van der Waals surface area contributed by atoms with Crippen molar-refractivity contribution in [1.82, 2.24) is 0 Å². The third-order valence-electron chi connectivity index (χ3n) is 6.02. The summed E-state index contributed by atoms with van der Waals surface area (Å²) in [5.41, 5.74) is 1.58. The fraction of sp³-hybridized carbons (Fsp3) is 0.684. The van der Waals surface area contributed by atoms with Crippen molar-refractivity contribution >= 4 is 0 Å². The van der Waals surface area contributed by atoms with Gasteiger partial charge in [-0.3, -0.25) is 0 Å². The highest BCUT2D eigenvalue weighted by Crippen LogP contribution is 2.44. The minimum Gasteiger partial charge on any atom is -0.355 e. The molecule has 0 N–H and O–H groups in total. The second-order valence-electron chi connectivity index (χ2n) is 7.60. The first kappa shape index (κ1) is 13.8. The van der Waals surface area contributed by atoms with Crippen molar-refractivity contribution in [2.75, 3.05) is 26.2 Å². The highest BCUT2D eigenvalue weighted by atomic mass is 16.5. The summed E-state index contributed by atoms with van der Waals surface area (Å²) in [4.78, 5) is 0. The van der Waals surface area contributed by atoms with Crippen LogP contribution in [-0.4, -0.2) is 36.3 Å². The fourth-order valence-electron chi connectivity index (χ4n) is 5.06. The third kappa shape index (κ3) is 2.64. The van der Waals surface area contributed by atoms with E-state index in [1.54, 1.807) is 0 Å². The van der Waals surface area contributed by atoms with E-state index in [9.17, 15) is 0 Å². The van der Waals surface area contributed by atoms with Gasteiger partial charge in [-0.1, -0.05) is 49.6 Å². The Morgan fingerprint density at radius 3 is 2.33 bits per heavy atom. The topological polar surface area (TPSA) is 9.23 Å². The van der Waals surface area contributed by atoms with Gasteiger partial charge in [0.1, 0.15) is 24.8 Å². The second-order valence-corrected chi connectivity index (χ2v) is 7.60. The molecule has 0 amide bonds. The molecule has 0 radical (unpaired) electrons. The molecule has 0 bridgehead atoms. The molecule has 1 aromatic carbocycles. The SMILES string of the molecule is c1ccc(C2C[N+]3(CCCC3)CC3(CCCCC3)O2)cc1. The van der Waals surface area contributed by atoms with Crippen LogP contribution < -0.4 is 0 Å². The van der Waals surface area contributed by atoms with Gasteiger partial charge in [-0.05, 0) is 18.4 Å². The van der Waals surface area contributed by atoms with Crippen LogP contribution in [-0.2, 0) is 4.74 Å². The average molecular weight is 286 g/mol. The normalized spacial score (nSPS) is 30.8. The smallest absolute Gasteiger partial charge is 0.132 e. The molecule has 1 atom stereocenters. The van der Waals surface area contributed by atoms with E-state index in [-0.39, 0.29) is 5.60 Å². The van der Waals surface area contributed by atoms with Crippen LogP contribution in [0.25, 0.3) is 0 Å². The predicted molar refractivity (Wildman–Crippen MR) is 85.0 cm³/mol. The highest BCUT2D eigenvalue weighted by molar-refractivity contribution is 5.18. The van der Waals surface area contributed by atoms with Crippen molar-refractivity contribution in [3.05, 3.63) is 35.9 Å². The molecule has 2 nitrogen and oxygen atoms in total. The molecular weight excluding hydrogens is 258 g/mol. The van der Waals surface area contributed by atoms with Crippen LogP contribution in [0.15, 0.2) is 30.3 Å². The van der Waals surface area contributed by atoms with Crippen LogP contribution in [0.4, 0.5) is 0 Å². The van der Waals surface area contributed by atoms with E-state index in [4.69, 9.17) is 4.74 Å². The van der Waals surface area contributed by atoms with Gasteiger partial charge in [-0.15, -0.1) is 0 Å². The molecule has 1 unspecified atom stereocenters. The third-order valence-corrected chi connectivity index (χ3v) is 6.02. The van der Waals surface area contributed by atoms with Crippen LogP contribution in [0.2, 0.25) is 0 Å². The molecule has 21 heavy (non-hydrogen) atoms. The molecule has 2 saturated heterocycles. The largest absolute Gasteiger partial charge is 0.355 e. The Morgan fingerprint density at radius 1 is 0.905 bits per heavy atom. The van der Waals surface area contributed by atoms with Crippen LogP contribution in [0.5, 0.6) is 0 Å². The summed E-state index contributed by atoms with van der Waals surface area (Å²) < 4.78 is 8.10. The Hall–Kier alpha value is -0.860. The molecule has 1 aliphatic carbocycles. The number of quaternary nitrogens is 1. The first-order valence-corrected chi connectivity index (χ1v) is 8.87. The predicted octanol–water partition coefficient (Wildman–Crippen LogP) is 4.07. The summed E-state index contributed by atoms with van der Waals surface area (Å²) in [6.45, 7) is 5.25. The molecule has 0 aromatic heterocycles. The Morgan fingerprint density at radius 2 is 1.62 bits per heavy atom. The summed E-state index contributed by atoms with van der Waals surface area (Å²) in [5.74, 6) is 0. The Bertz CT molecular complexity index is 472. The Kier molecular flexibility index (Phi) is 3.55. The van der Waals surface area contributed by atoms with E-state index in [1.807, 2.05) is 0 Å². The second kappa shape index (κ2) is 5.40. The number of morpholine rings is 1. The number of nitrogens with zero attached hydrogens (tertiary/aromatic N) is 1. The minimum absolute atomic E-state index is 0.182. The summed E-state index contributed by atoms with van der Waals surface area (Å²) >= 11 is 0.